The molecule has 0 spiro atoms. The average Bonchev–Trinajstić information content (AvgIpc) is 3.66. The molecule has 0 fully saturated rings. The number of fused-ring (bicyclic) bond motifs is 2. The number of aryl methyl sites for hydroxylation is 2. The van der Waals surface area contributed by atoms with Gasteiger partial charge in [-0.05, 0) is 49.8 Å². The van der Waals surface area contributed by atoms with E-state index in [1.165, 1.54) is 5.56 Å². The maximum atomic E-state index is 5.01. The monoisotopic (exact) mass is 485 g/mol. The minimum absolute atomic E-state index is 0.224. The standard InChI is InChI=1S/C28H23N9/c1-18-12-14-20(15-13-18)23-16-25(35-17-29-32-28(35)30-23)26-19(2)33-36(21-8-4-3-5-9-21)27(26)37-24-11-7-6-10-22(24)31-34-37/h3-17,25H,1-2H3,(H,30,32). The first-order valence-electron chi connectivity index (χ1n) is 12.1. The Morgan fingerprint density at radius 2 is 1.59 bits per heavy atom. The van der Waals surface area contributed by atoms with Gasteiger partial charge in [-0.3, -0.25) is 4.57 Å². The fraction of sp³-hybridized carbons (Fsp3) is 0.107. The van der Waals surface area contributed by atoms with Crippen LogP contribution in [0.1, 0.15) is 28.4 Å². The molecule has 0 bridgehead atoms. The van der Waals surface area contributed by atoms with E-state index in [2.05, 4.69) is 63.1 Å². The second kappa shape index (κ2) is 8.27. The first kappa shape index (κ1) is 21.3. The number of para-hydroxylation sites is 2. The number of nitrogens with zero attached hydrogens (tertiary/aromatic N) is 8. The Morgan fingerprint density at radius 1 is 0.811 bits per heavy atom. The van der Waals surface area contributed by atoms with Crippen LogP contribution in [0, 0.1) is 13.8 Å². The van der Waals surface area contributed by atoms with E-state index >= 15 is 0 Å². The van der Waals surface area contributed by atoms with Crippen LogP contribution in [0.5, 0.6) is 0 Å². The van der Waals surface area contributed by atoms with E-state index in [1.54, 1.807) is 6.33 Å². The fourth-order valence-corrected chi connectivity index (χ4v) is 4.91. The third kappa shape index (κ3) is 3.43. The largest absolute Gasteiger partial charge is 0.324 e. The summed E-state index contributed by atoms with van der Waals surface area (Å²) in [6.45, 7) is 4.12. The lowest BCUT2D eigenvalue weighted by molar-refractivity contribution is 0.674. The zero-order valence-electron chi connectivity index (χ0n) is 20.3. The third-order valence-electron chi connectivity index (χ3n) is 6.74. The molecule has 7 rings (SSSR count). The number of nitrogens with one attached hydrogen (secondary N) is 1. The molecule has 0 saturated carbocycles. The van der Waals surface area contributed by atoms with E-state index < -0.39 is 0 Å². The van der Waals surface area contributed by atoms with Gasteiger partial charge in [-0.1, -0.05) is 65.4 Å². The second-order valence-corrected chi connectivity index (χ2v) is 9.14. The first-order chi connectivity index (χ1) is 18.2. The van der Waals surface area contributed by atoms with Gasteiger partial charge in [0, 0.05) is 11.3 Å². The van der Waals surface area contributed by atoms with Crippen molar-refractivity contribution in [2.75, 3.05) is 5.32 Å². The van der Waals surface area contributed by atoms with Gasteiger partial charge in [-0.2, -0.15) is 9.78 Å². The topological polar surface area (TPSA) is 91.3 Å². The van der Waals surface area contributed by atoms with Gasteiger partial charge in [0.05, 0.1) is 22.9 Å². The predicted octanol–water partition coefficient (Wildman–Crippen LogP) is 4.87. The SMILES string of the molecule is Cc1ccc(C2=CC(c3c(C)nn(-c4ccccc4)c3-n3nnc4ccccc43)n3cnnc3N2)cc1. The van der Waals surface area contributed by atoms with Crippen molar-refractivity contribution < 1.29 is 0 Å². The number of hydrogen-bond donors (Lipinski definition) is 1. The second-order valence-electron chi connectivity index (χ2n) is 9.14. The lowest BCUT2D eigenvalue weighted by Crippen LogP contribution is -2.21. The summed E-state index contributed by atoms with van der Waals surface area (Å²) in [6, 6.07) is 26.3. The van der Waals surface area contributed by atoms with Gasteiger partial charge in [0.1, 0.15) is 11.8 Å². The number of hydrogen-bond acceptors (Lipinski definition) is 6. The Labute approximate surface area is 212 Å². The summed E-state index contributed by atoms with van der Waals surface area (Å²) in [4.78, 5) is 0. The Morgan fingerprint density at radius 3 is 2.43 bits per heavy atom. The van der Waals surface area contributed by atoms with Crippen molar-refractivity contribution in [1.29, 1.82) is 0 Å². The highest BCUT2D eigenvalue weighted by Gasteiger charge is 2.31. The van der Waals surface area contributed by atoms with Crippen molar-refractivity contribution in [1.82, 2.24) is 39.5 Å². The highest BCUT2D eigenvalue weighted by Crippen LogP contribution is 2.38. The molecular weight excluding hydrogens is 462 g/mol. The average molecular weight is 486 g/mol. The molecule has 37 heavy (non-hydrogen) atoms. The molecule has 1 atom stereocenters. The minimum atomic E-state index is -0.224. The lowest BCUT2D eigenvalue weighted by Gasteiger charge is -2.25. The number of aromatic nitrogens is 8. The van der Waals surface area contributed by atoms with Crippen molar-refractivity contribution in [3.63, 3.8) is 0 Å². The van der Waals surface area contributed by atoms with Gasteiger partial charge in [0.15, 0.2) is 5.82 Å². The molecule has 4 heterocycles. The van der Waals surface area contributed by atoms with E-state index in [0.717, 1.165) is 45.1 Å². The van der Waals surface area contributed by atoms with Crippen LogP contribution in [0.2, 0.25) is 0 Å². The number of anilines is 1. The molecular formula is C28H23N9. The number of rotatable bonds is 4. The van der Waals surface area contributed by atoms with Crippen molar-refractivity contribution in [2.45, 2.75) is 19.9 Å². The smallest absolute Gasteiger partial charge is 0.229 e. The maximum Gasteiger partial charge on any atom is 0.229 e. The quantitative estimate of drug-likeness (QED) is 0.383. The molecule has 0 aliphatic carbocycles. The van der Waals surface area contributed by atoms with Crippen LogP contribution >= 0.6 is 0 Å². The molecule has 6 aromatic rings. The van der Waals surface area contributed by atoms with Crippen LogP contribution in [0.3, 0.4) is 0 Å². The van der Waals surface area contributed by atoms with E-state index in [-0.39, 0.29) is 6.04 Å². The van der Waals surface area contributed by atoms with Crippen LogP contribution in [-0.2, 0) is 0 Å². The van der Waals surface area contributed by atoms with E-state index in [1.807, 2.05) is 75.5 Å². The molecule has 9 heteroatoms. The van der Waals surface area contributed by atoms with Crippen molar-refractivity contribution >= 4 is 22.7 Å². The van der Waals surface area contributed by atoms with E-state index in [0.29, 0.717) is 5.95 Å². The van der Waals surface area contributed by atoms with Gasteiger partial charge in [-0.25, -0.2) is 4.68 Å². The van der Waals surface area contributed by atoms with Gasteiger partial charge in [0.2, 0.25) is 5.95 Å². The Kier molecular flexibility index (Phi) is 4.75. The number of benzene rings is 3. The molecule has 0 radical (unpaired) electrons. The Hall–Kier alpha value is -5.05. The fourth-order valence-electron chi connectivity index (χ4n) is 4.91. The first-order valence-corrected chi connectivity index (χ1v) is 12.1. The molecule has 1 aliphatic rings. The molecule has 1 unspecified atom stereocenters. The molecule has 9 nitrogen and oxygen atoms in total. The highest BCUT2D eigenvalue weighted by molar-refractivity contribution is 5.79. The van der Waals surface area contributed by atoms with Crippen LogP contribution in [0.25, 0.3) is 28.2 Å². The van der Waals surface area contributed by atoms with Gasteiger partial charge in [0.25, 0.3) is 0 Å². The van der Waals surface area contributed by atoms with Gasteiger partial charge < -0.3 is 5.32 Å². The van der Waals surface area contributed by atoms with Crippen molar-refractivity contribution in [3.05, 3.63) is 114 Å². The van der Waals surface area contributed by atoms with Crippen LogP contribution in [-0.4, -0.2) is 39.5 Å². The Balaban J connectivity index is 1.50. The highest BCUT2D eigenvalue weighted by atomic mass is 15.5. The zero-order chi connectivity index (χ0) is 24.9. The predicted molar refractivity (Wildman–Crippen MR) is 142 cm³/mol. The normalized spacial score (nSPS) is 14.9. The molecule has 0 saturated heterocycles. The molecule has 3 aromatic heterocycles. The lowest BCUT2D eigenvalue weighted by atomic mass is 10.0. The zero-order valence-corrected chi connectivity index (χ0v) is 20.3. The van der Waals surface area contributed by atoms with E-state index in [4.69, 9.17) is 5.10 Å². The molecule has 180 valence electrons. The summed E-state index contributed by atoms with van der Waals surface area (Å²) in [5, 5.41) is 26.1. The third-order valence-corrected chi connectivity index (χ3v) is 6.74. The summed E-state index contributed by atoms with van der Waals surface area (Å²) in [5.74, 6) is 1.49. The van der Waals surface area contributed by atoms with Crippen LogP contribution in [0.15, 0.2) is 91.3 Å². The summed E-state index contributed by atoms with van der Waals surface area (Å²) in [5.41, 5.74) is 7.78. The van der Waals surface area contributed by atoms with Crippen molar-refractivity contribution in [3.8, 4) is 11.5 Å². The minimum Gasteiger partial charge on any atom is -0.324 e. The Bertz CT molecular complexity index is 1770. The summed E-state index contributed by atoms with van der Waals surface area (Å²) >= 11 is 0. The molecule has 0 amide bonds. The van der Waals surface area contributed by atoms with Gasteiger partial charge >= 0.3 is 0 Å². The number of allylic oxidation sites excluding steroid dienone is 1. The molecule has 1 aliphatic heterocycles. The van der Waals surface area contributed by atoms with Crippen molar-refractivity contribution in [2.24, 2.45) is 0 Å². The van der Waals surface area contributed by atoms with Crippen LogP contribution < -0.4 is 5.32 Å². The molecule has 1 N–H and O–H groups in total. The molecule has 3 aromatic carbocycles. The van der Waals surface area contributed by atoms with Gasteiger partial charge in [-0.15, -0.1) is 15.3 Å². The van der Waals surface area contributed by atoms with Crippen LogP contribution in [0.4, 0.5) is 5.95 Å². The van der Waals surface area contributed by atoms with E-state index in [9.17, 15) is 0 Å². The summed E-state index contributed by atoms with van der Waals surface area (Å²) < 4.78 is 5.85. The summed E-state index contributed by atoms with van der Waals surface area (Å²) in [6.07, 6.45) is 3.95. The maximum absolute atomic E-state index is 5.01. The summed E-state index contributed by atoms with van der Waals surface area (Å²) in [7, 11) is 0.